The Hall–Kier alpha value is -2.03. The van der Waals surface area contributed by atoms with E-state index in [2.05, 4.69) is 36.8 Å². The minimum absolute atomic E-state index is 0.0959. The zero-order valence-corrected chi connectivity index (χ0v) is 22.3. The molecular formula is C31H44N2O3. The van der Waals surface area contributed by atoms with Crippen LogP contribution in [-0.4, -0.2) is 58.9 Å². The summed E-state index contributed by atoms with van der Waals surface area (Å²) in [6, 6.07) is 8.14. The van der Waals surface area contributed by atoms with Gasteiger partial charge in [-0.25, -0.2) is 4.79 Å². The molecule has 5 fully saturated rings. The standard InChI is InChI=1S/C31H44N2O3/c1-4-23-8-10-24(11-9-23)21-32(13-14-34)22-28-7-5-6-12-33(28)29(35)36-30(2,3)31-18-25-15-26(19-31)17-27(16-25)20-31/h1,8-11,25-28,34H,5-7,12-22H2,2-3H3. The number of nitrogens with zero attached hydrogens (tertiary/aromatic N) is 2. The Kier molecular flexibility index (Phi) is 7.39. The van der Waals surface area contributed by atoms with Gasteiger partial charge in [-0.15, -0.1) is 6.42 Å². The van der Waals surface area contributed by atoms with E-state index in [-0.39, 0.29) is 24.2 Å². The van der Waals surface area contributed by atoms with E-state index in [1.54, 1.807) is 0 Å². The summed E-state index contributed by atoms with van der Waals surface area (Å²) in [6.07, 6.45) is 16.3. The number of amides is 1. The largest absolute Gasteiger partial charge is 0.443 e. The maximum atomic E-state index is 13.7. The van der Waals surface area contributed by atoms with Crippen molar-refractivity contribution in [2.45, 2.75) is 89.8 Å². The van der Waals surface area contributed by atoms with Crippen LogP contribution in [0.2, 0.25) is 0 Å². The molecule has 5 heteroatoms. The molecule has 4 saturated carbocycles. The Morgan fingerprint density at radius 1 is 1.14 bits per heavy atom. The first kappa shape index (κ1) is 25.6. The van der Waals surface area contributed by atoms with E-state index in [9.17, 15) is 9.90 Å². The maximum absolute atomic E-state index is 13.7. The van der Waals surface area contributed by atoms with Crippen LogP contribution in [0.25, 0.3) is 0 Å². The van der Waals surface area contributed by atoms with Gasteiger partial charge in [0.25, 0.3) is 0 Å². The van der Waals surface area contributed by atoms with E-state index < -0.39 is 5.60 Å². The molecule has 1 aliphatic heterocycles. The number of aliphatic hydroxyl groups is 1. The molecule has 1 aromatic rings. The quantitative estimate of drug-likeness (QED) is 0.491. The van der Waals surface area contributed by atoms with E-state index in [4.69, 9.17) is 11.2 Å². The predicted octanol–water partition coefficient (Wildman–Crippen LogP) is 5.45. The fraction of sp³-hybridized carbons (Fsp3) is 0.710. The predicted molar refractivity (Wildman–Crippen MR) is 142 cm³/mol. The Balaban J connectivity index is 1.25. The number of hydrogen-bond acceptors (Lipinski definition) is 4. The van der Waals surface area contributed by atoms with Crippen molar-refractivity contribution in [3.63, 3.8) is 0 Å². The van der Waals surface area contributed by atoms with Gasteiger partial charge >= 0.3 is 6.09 Å². The molecule has 196 valence electrons. The molecule has 0 spiro atoms. The Morgan fingerprint density at radius 2 is 1.78 bits per heavy atom. The van der Waals surface area contributed by atoms with Crippen LogP contribution in [0.15, 0.2) is 24.3 Å². The summed E-state index contributed by atoms with van der Waals surface area (Å²) >= 11 is 0. The fourth-order valence-corrected chi connectivity index (χ4v) is 8.30. The topological polar surface area (TPSA) is 53.0 Å². The lowest BCUT2D eigenvalue weighted by Gasteiger charge is -2.61. The maximum Gasteiger partial charge on any atom is 0.410 e. The van der Waals surface area contributed by atoms with Crippen molar-refractivity contribution in [1.29, 1.82) is 0 Å². The number of terminal acetylenes is 1. The average molecular weight is 493 g/mol. The first-order chi connectivity index (χ1) is 17.3. The molecule has 4 aliphatic carbocycles. The summed E-state index contributed by atoms with van der Waals surface area (Å²) in [5.41, 5.74) is 1.74. The van der Waals surface area contributed by atoms with Gasteiger partial charge in [0.05, 0.1) is 6.61 Å². The van der Waals surface area contributed by atoms with E-state index in [1.165, 1.54) is 38.5 Å². The van der Waals surface area contributed by atoms with Crippen molar-refractivity contribution < 1.29 is 14.6 Å². The van der Waals surface area contributed by atoms with Gasteiger partial charge in [0, 0.05) is 43.2 Å². The summed E-state index contributed by atoms with van der Waals surface area (Å²) in [5, 5.41) is 9.73. The molecule has 1 N–H and O–H groups in total. The highest BCUT2D eigenvalue weighted by Gasteiger charge is 2.59. The van der Waals surface area contributed by atoms with Gasteiger partial charge in [-0.1, -0.05) is 18.1 Å². The van der Waals surface area contributed by atoms with E-state index in [0.29, 0.717) is 6.54 Å². The molecule has 1 aromatic carbocycles. The molecule has 0 aromatic heterocycles. The second-order valence-corrected chi connectivity index (χ2v) is 12.7. The molecule has 1 heterocycles. The highest BCUT2D eigenvalue weighted by atomic mass is 16.6. The second kappa shape index (κ2) is 10.4. The third kappa shape index (κ3) is 5.18. The lowest BCUT2D eigenvalue weighted by atomic mass is 9.46. The third-order valence-corrected chi connectivity index (χ3v) is 9.93. The van der Waals surface area contributed by atoms with Crippen LogP contribution in [0, 0.1) is 35.5 Å². The molecule has 6 rings (SSSR count). The Morgan fingerprint density at radius 3 is 2.36 bits per heavy atom. The van der Waals surface area contributed by atoms with Crippen LogP contribution >= 0.6 is 0 Å². The molecule has 1 saturated heterocycles. The highest BCUT2D eigenvalue weighted by Crippen LogP contribution is 2.64. The van der Waals surface area contributed by atoms with Crippen molar-refractivity contribution in [1.82, 2.24) is 9.80 Å². The number of benzene rings is 1. The first-order valence-corrected chi connectivity index (χ1v) is 14.2. The van der Waals surface area contributed by atoms with Crippen LogP contribution < -0.4 is 0 Å². The number of likely N-dealkylation sites (tertiary alicyclic amines) is 1. The normalized spacial score (nSPS) is 31.5. The number of hydrogen-bond donors (Lipinski definition) is 1. The van der Waals surface area contributed by atoms with Crippen LogP contribution in [0.3, 0.4) is 0 Å². The minimum Gasteiger partial charge on any atom is -0.443 e. The lowest BCUT2D eigenvalue weighted by Crippen LogP contribution is -2.59. The first-order valence-electron chi connectivity index (χ1n) is 14.2. The van der Waals surface area contributed by atoms with Crippen molar-refractivity contribution in [3.05, 3.63) is 35.4 Å². The Labute approximate surface area is 217 Å². The minimum atomic E-state index is -0.439. The SMILES string of the molecule is C#Cc1ccc(CN(CCO)CC2CCCCN2C(=O)OC(C)(C)C23CC4CC(CC(C4)C2)C3)cc1. The highest BCUT2D eigenvalue weighted by molar-refractivity contribution is 5.69. The average Bonchev–Trinajstić information content (AvgIpc) is 2.84. The van der Waals surface area contributed by atoms with E-state index >= 15 is 0 Å². The summed E-state index contributed by atoms with van der Waals surface area (Å²) in [5.74, 6) is 5.16. The van der Waals surface area contributed by atoms with Gasteiger partial charge in [0.1, 0.15) is 5.60 Å². The second-order valence-electron chi connectivity index (χ2n) is 12.7. The summed E-state index contributed by atoms with van der Waals surface area (Å²) in [4.78, 5) is 18.0. The van der Waals surface area contributed by atoms with Crippen molar-refractivity contribution in [2.75, 3.05) is 26.2 Å². The number of carbonyl (C=O) groups excluding carboxylic acids is 1. The number of piperidine rings is 1. The molecular weight excluding hydrogens is 448 g/mol. The van der Waals surface area contributed by atoms with Gasteiger partial charge in [-0.05, 0) is 107 Å². The van der Waals surface area contributed by atoms with E-state index in [0.717, 1.165) is 67.8 Å². The third-order valence-electron chi connectivity index (χ3n) is 9.93. The number of rotatable bonds is 8. The number of aliphatic hydroxyl groups excluding tert-OH is 1. The Bertz CT molecular complexity index is 928. The molecule has 5 aliphatic rings. The number of ether oxygens (including phenoxy) is 1. The van der Waals surface area contributed by atoms with Gasteiger partial charge < -0.3 is 14.7 Å². The fourth-order valence-electron chi connectivity index (χ4n) is 8.30. The van der Waals surface area contributed by atoms with Crippen molar-refractivity contribution in [2.24, 2.45) is 23.2 Å². The van der Waals surface area contributed by atoms with Crippen LogP contribution in [0.1, 0.15) is 82.8 Å². The molecule has 4 bridgehead atoms. The molecule has 36 heavy (non-hydrogen) atoms. The van der Waals surface area contributed by atoms with Crippen molar-refractivity contribution >= 4 is 6.09 Å². The van der Waals surface area contributed by atoms with E-state index in [1.807, 2.05) is 17.0 Å². The molecule has 1 amide bonds. The molecule has 5 nitrogen and oxygen atoms in total. The number of carbonyl (C=O) groups is 1. The lowest BCUT2D eigenvalue weighted by molar-refractivity contribution is -0.168. The molecule has 1 atom stereocenters. The van der Waals surface area contributed by atoms with Crippen LogP contribution in [0.4, 0.5) is 4.79 Å². The van der Waals surface area contributed by atoms with Gasteiger partial charge in [0.15, 0.2) is 0 Å². The molecule has 0 radical (unpaired) electrons. The summed E-state index contributed by atoms with van der Waals surface area (Å²) in [7, 11) is 0. The van der Waals surface area contributed by atoms with Gasteiger partial charge in [0.2, 0.25) is 0 Å². The summed E-state index contributed by atoms with van der Waals surface area (Å²) < 4.78 is 6.48. The van der Waals surface area contributed by atoms with Gasteiger partial charge in [-0.2, -0.15) is 0 Å². The molecule has 1 unspecified atom stereocenters. The monoisotopic (exact) mass is 492 g/mol. The van der Waals surface area contributed by atoms with Crippen molar-refractivity contribution in [3.8, 4) is 12.3 Å². The zero-order chi connectivity index (χ0) is 25.3. The zero-order valence-electron chi connectivity index (χ0n) is 22.3. The smallest absolute Gasteiger partial charge is 0.410 e. The summed E-state index contributed by atoms with van der Waals surface area (Å²) in [6.45, 7) is 7.27. The van der Waals surface area contributed by atoms with Gasteiger partial charge in [-0.3, -0.25) is 4.90 Å². The van der Waals surface area contributed by atoms with Crippen LogP contribution in [-0.2, 0) is 11.3 Å². The van der Waals surface area contributed by atoms with Crippen LogP contribution in [0.5, 0.6) is 0 Å².